The van der Waals surface area contributed by atoms with Gasteiger partial charge in [-0.15, -0.1) is 0 Å². The second-order valence-electron chi connectivity index (χ2n) is 5.42. The molecule has 1 saturated heterocycles. The summed E-state index contributed by atoms with van der Waals surface area (Å²) in [5.41, 5.74) is -0.695. The molecule has 0 aliphatic carbocycles. The van der Waals surface area contributed by atoms with Gasteiger partial charge in [-0.1, -0.05) is 0 Å². The van der Waals surface area contributed by atoms with Crippen LogP contribution in [0.5, 0.6) is 11.5 Å². The standard InChI is InChI=1S/C14H19NO5S/c1-14(7-8-21(17,18)10-14)15-13(16)9-20-12-5-3-11(19-2)4-6-12/h3-6H,7-10H2,1-2H3,(H,15,16). The maximum absolute atomic E-state index is 11.9. The van der Waals surface area contributed by atoms with Crippen molar-refractivity contribution in [2.24, 2.45) is 0 Å². The predicted molar refractivity (Wildman–Crippen MR) is 78.3 cm³/mol. The molecule has 0 saturated carbocycles. The fourth-order valence-corrected chi connectivity index (χ4v) is 4.40. The summed E-state index contributed by atoms with van der Waals surface area (Å²) in [6.07, 6.45) is 0.434. The van der Waals surface area contributed by atoms with E-state index in [4.69, 9.17) is 9.47 Å². The van der Waals surface area contributed by atoms with E-state index in [0.29, 0.717) is 17.9 Å². The van der Waals surface area contributed by atoms with E-state index >= 15 is 0 Å². The number of hydrogen-bond donors (Lipinski definition) is 1. The molecular formula is C14H19NO5S. The van der Waals surface area contributed by atoms with Gasteiger partial charge in [0.05, 0.1) is 24.2 Å². The molecule has 7 heteroatoms. The fourth-order valence-electron chi connectivity index (χ4n) is 2.30. The molecule has 1 unspecified atom stereocenters. The molecule has 1 aromatic carbocycles. The zero-order valence-corrected chi connectivity index (χ0v) is 12.9. The minimum atomic E-state index is -3.04. The number of sulfone groups is 1. The molecule has 1 fully saturated rings. The number of hydrogen-bond acceptors (Lipinski definition) is 5. The third kappa shape index (κ3) is 4.35. The summed E-state index contributed by atoms with van der Waals surface area (Å²) < 4.78 is 33.3. The Morgan fingerprint density at radius 3 is 2.43 bits per heavy atom. The molecule has 21 heavy (non-hydrogen) atoms. The monoisotopic (exact) mass is 313 g/mol. The molecule has 1 heterocycles. The van der Waals surface area contributed by atoms with Crippen molar-refractivity contribution in [3.05, 3.63) is 24.3 Å². The molecule has 6 nitrogen and oxygen atoms in total. The van der Waals surface area contributed by atoms with E-state index in [-0.39, 0.29) is 24.0 Å². The molecule has 1 atom stereocenters. The number of rotatable bonds is 5. The normalized spacial score (nSPS) is 23.5. The van der Waals surface area contributed by atoms with Crippen molar-refractivity contribution < 1.29 is 22.7 Å². The van der Waals surface area contributed by atoms with Crippen LogP contribution in [0.3, 0.4) is 0 Å². The largest absolute Gasteiger partial charge is 0.497 e. The van der Waals surface area contributed by atoms with Crippen LogP contribution in [0.4, 0.5) is 0 Å². The molecule has 116 valence electrons. The molecule has 0 bridgehead atoms. The number of amides is 1. The van der Waals surface area contributed by atoms with Crippen molar-refractivity contribution >= 4 is 15.7 Å². The van der Waals surface area contributed by atoms with E-state index in [1.165, 1.54) is 0 Å². The lowest BCUT2D eigenvalue weighted by Gasteiger charge is -2.23. The van der Waals surface area contributed by atoms with Gasteiger partial charge in [-0.2, -0.15) is 0 Å². The SMILES string of the molecule is COc1ccc(OCC(=O)NC2(C)CCS(=O)(=O)C2)cc1. The van der Waals surface area contributed by atoms with Gasteiger partial charge < -0.3 is 14.8 Å². The highest BCUT2D eigenvalue weighted by molar-refractivity contribution is 7.91. The first-order valence-corrected chi connectivity index (χ1v) is 8.42. The fraction of sp³-hybridized carbons (Fsp3) is 0.500. The van der Waals surface area contributed by atoms with Gasteiger partial charge >= 0.3 is 0 Å². The van der Waals surface area contributed by atoms with Crippen molar-refractivity contribution in [2.45, 2.75) is 18.9 Å². The first-order chi connectivity index (χ1) is 9.82. The Morgan fingerprint density at radius 1 is 1.29 bits per heavy atom. The third-order valence-electron chi connectivity index (χ3n) is 3.37. The van der Waals surface area contributed by atoms with E-state index in [2.05, 4.69) is 5.32 Å². The Bertz CT molecular complexity index is 611. The molecular weight excluding hydrogens is 294 g/mol. The second-order valence-corrected chi connectivity index (χ2v) is 7.60. The average molecular weight is 313 g/mol. The molecule has 1 aliphatic heterocycles. The summed E-state index contributed by atoms with van der Waals surface area (Å²) in [6.45, 7) is 1.59. The van der Waals surface area contributed by atoms with Gasteiger partial charge in [-0.25, -0.2) is 8.42 Å². The molecule has 1 N–H and O–H groups in total. The van der Waals surface area contributed by atoms with Gasteiger partial charge in [0.2, 0.25) is 0 Å². The molecule has 0 spiro atoms. The van der Waals surface area contributed by atoms with Crippen LogP contribution in [-0.2, 0) is 14.6 Å². The first kappa shape index (κ1) is 15.6. The van der Waals surface area contributed by atoms with Crippen LogP contribution < -0.4 is 14.8 Å². The van der Waals surface area contributed by atoms with E-state index in [9.17, 15) is 13.2 Å². The van der Waals surface area contributed by atoms with Crippen molar-refractivity contribution in [1.29, 1.82) is 0 Å². The number of ether oxygens (including phenoxy) is 2. The summed E-state index contributed by atoms with van der Waals surface area (Å²) in [5.74, 6) is 1.02. The highest BCUT2D eigenvalue weighted by Crippen LogP contribution is 2.22. The van der Waals surface area contributed by atoms with E-state index in [1.54, 1.807) is 38.3 Å². The maximum Gasteiger partial charge on any atom is 0.258 e. The lowest BCUT2D eigenvalue weighted by Crippen LogP contribution is -2.48. The van der Waals surface area contributed by atoms with Crippen molar-refractivity contribution in [3.8, 4) is 11.5 Å². The zero-order valence-electron chi connectivity index (χ0n) is 12.1. The molecule has 2 rings (SSSR count). The Hall–Kier alpha value is -1.76. The maximum atomic E-state index is 11.9. The topological polar surface area (TPSA) is 81.7 Å². The minimum absolute atomic E-state index is 0.0196. The third-order valence-corrected chi connectivity index (χ3v) is 5.28. The van der Waals surface area contributed by atoms with Gasteiger partial charge in [-0.3, -0.25) is 4.79 Å². The zero-order chi connectivity index (χ0) is 15.5. The smallest absolute Gasteiger partial charge is 0.258 e. The van der Waals surface area contributed by atoms with Gasteiger partial charge in [0, 0.05) is 0 Å². The molecule has 1 aliphatic rings. The number of methoxy groups -OCH3 is 1. The Labute approximate surface area is 124 Å². The van der Waals surface area contributed by atoms with Crippen molar-refractivity contribution in [2.75, 3.05) is 25.2 Å². The van der Waals surface area contributed by atoms with Crippen LogP contribution in [-0.4, -0.2) is 45.1 Å². The number of nitrogens with one attached hydrogen (secondary N) is 1. The number of benzene rings is 1. The van der Waals surface area contributed by atoms with Crippen LogP contribution >= 0.6 is 0 Å². The van der Waals surface area contributed by atoms with Crippen LogP contribution in [0.25, 0.3) is 0 Å². The number of carbonyl (C=O) groups is 1. The van der Waals surface area contributed by atoms with Gasteiger partial charge in [-0.05, 0) is 37.6 Å². The van der Waals surface area contributed by atoms with Gasteiger partial charge in [0.15, 0.2) is 16.4 Å². The Balaban J connectivity index is 1.84. The Kier molecular flexibility index (Phi) is 4.41. The lowest BCUT2D eigenvalue weighted by molar-refractivity contribution is -0.124. The Morgan fingerprint density at radius 2 is 1.90 bits per heavy atom. The molecule has 1 aromatic rings. The summed E-state index contributed by atoms with van der Waals surface area (Å²) in [5, 5.41) is 2.74. The van der Waals surface area contributed by atoms with Crippen molar-refractivity contribution in [3.63, 3.8) is 0 Å². The quantitative estimate of drug-likeness (QED) is 0.868. The van der Waals surface area contributed by atoms with E-state index in [0.717, 1.165) is 0 Å². The van der Waals surface area contributed by atoms with E-state index < -0.39 is 15.4 Å². The van der Waals surface area contributed by atoms with Crippen LogP contribution in [0.1, 0.15) is 13.3 Å². The highest BCUT2D eigenvalue weighted by atomic mass is 32.2. The van der Waals surface area contributed by atoms with E-state index in [1.807, 2.05) is 0 Å². The average Bonchev–Trinajstić information content (AvgIpc) is 2.70. The molecule has 1 amide bonds. The summed E-state index contributed by atoms with van der Waals surface area (Å²) in [7, 11) is -1.47. The van der Waals surface area contributed by atoms with Crippen LogP contribution in [0, 0.1) is 0 Å². The van der Waals surface area contributed by atoms with Gasteiger partial charge in [0.1, 0.15) is 11.5 Å². The van der Waals surface area contributed by atoms with Crippen LogP contribution in [0.15, 0.2) is 24.3 Å². The summed E-state index contributed by atoms with van der Waals surface area (Å²) in [6, 6.07) is 6.87. The second kappa shape index (κ2) is 5.93. The first-order valence-electron chi connectivity index (χ1n) is 6.60. The minimum Gasteiger partial charge on any atom is -0.497 e. The molecule has 0 radical (unpaired) electrons. The van der Waals surface area contributed by atoms with Gasteiger partial charge in [0.25, 0.3) is 5.91 Å². The highest BCUT2D eigenvalue weighted by Gasteiger charge is 2.39. The number of carbonyl (C=O) groups excluding carboxylic acids is 1. The summed E-state index contributed by atoms with van der Waals surface area (Å²) in [4.78, 5) is 11.9. The lowest BCUT2D eigenvalue weighted by atomic mass is 10.0. The molecule has 0 aromatic heterocycles. The summed E-state index contributed by atoms with van der Waals surface area (Å²) >= 11 is 0. The van der Waals surface area contributed by atoms with Crippen molar-refractivity contribution in [1.82, 2.24) is 5.32 Å². The van der Waals surface area contributed by atoms with Crippen LogP contribution in [0.2, 0.25) is 0 Å². The predicted octanol–water partition coefficient (Wildman–Crippen LogP) is 0.767.